The van der Waals surface area contributed by atoms with Gasteiger partial charge in [0.15, 0.2) is 0 Å². The fourth-order valence-corrected chi connectivity index (χ4v) is 2.10. The Labute approximate surface area is 101 Å². The van der Waals surface area contributed by atoms with E-state index in [9.17, 15) is 4.79 Å². The molecule has 1 aromatic rings. The van der Waals surface area contributed by atoms with Crippen molar-refractivity contribution >= 4 is 5.97 Å². The van der Waals surface area contributed by atoms with E-state index in [4.69, 9.17) is 9.47 Å². The average Bonchev–Trinajstić information content (AvgIpc) is 2.34. The highest BCUT2D eigenvalue weighted by Crippen LogP contribution is 2.34. The van der Waals surface area contributed by atoms with Gasteiger partial charge in [-0.2, -0.15) is 0 Å². The minimum atomic E-state index is -0.287. The van der Waals surface area contributed by atoms with E-state index >= 15 is 0 Å². The predicted molar refractivity (Wildman–Crippen MR) is 65.0 cm³/mol. The number of esters is 1. The van der Waals surface area contributed by atoms with Gasteiger partial charge >= 0.3 is 5.97 Å². The first-order valence-corrected chi connectivity index (χ1v) is 5.65. The molecule has 0 unspecified atom stereocenters. The van der Waals surface area contributed by atoms with Gasteiger partial charge in [0.2, 0.25) is 0 Å². The molecule has 1 fully saturated rings. The van der Waals surface area contributed by atoms with Crippen LogP contribution in [0.2, 0.25) is 0 Å². The highest BCUT2D eigenvalue weighted by Gasteiger charge is 2.30. The zero-order valence-corrected chi connectivity index (χ0v) is 10.1. The minimum Gasteiger partial charge on any atom is -0.497 e. The first-order valence-electron chi connectivity index (χ1n) is 5.65. The van der Waals surface area contributed by atoms with Gasteiger partial charge in [-0.3, -0.25) is 0 Å². The number of benzene rings is 1. The van der Waals surface area contributed by atoms with Crippen LogP contribution in [0.5, 0.6) is 5.75 Å². The highest BCUT2D eigenvalue weighted by molar-refractivity contribution is 5.90. The molecule has 0 aliphatic carbocycles. The van der Waals surface area contributed by atoms with Crippen molar-refractivity contribution in [2.45, 2.75) is 25.4 Å². The fourth-order valence-electron chi connectivity index (χ4n) is 2.10. The lowest BCUT2D eigenvalue weighted by Gasteiger charge is -2.28. The number of hydrogen-bond acceptors (Lipinski definition) is 3. The molecule has 1 aliphatic rings. The Kier molecular flexibility index (Phi) is 3.18. The molecule has 0 saturated carbocycles. The topological polar surface area (TPSA) is 35.5 Å². The fraction of sp³-hybridized carbons (Fsp3) is 0.357. The molecule has 17 heavy (non-hydrogen) atoms. The molecule has 0 amide bonds. The molecule has 0 N–H and O–H groups in total. The Morgan fingerprint density at radius 2 is 2.00 bits per heavy atom. The van der Waals surface area contributed by atoms with Crippen LogP contribution in [-0.2, 0) is 9.53 Å². The molecular weight excluding hydrogens is 216 g/mol. The number of carbonyl (C=O) groups excluding carboxylic acids is 1. The zero-order chi connectivity index (χ0) is 12.4. The van der Waals surface area contributed by atoms with Crippen molar-refractivity contribution in [1.29, 1.82) is 0 Å². The van der Waals surface area contributed by atoms with E-state index < -0.39 is 0 Å². The maximum Gasteiger partial charge on any atom is 0.334 e. The molecule has 0 aromatic heterocycles. The molecule has 1 saturated heterocycles. The lowest BCUT2D eigenvalue weighted by atomic mass is 9.85. The van der Waals surface area contributed by atoms with Crippen LogP contribution < -0.4 is 4.74 Å². The average molecular weight is 232 g/mol. The van der Waals surface area contributed by atoms with Crippen molar-refractivity contribution in [1.82, 2.24) is 0 Å². The van der Waals surface area contributed by atoms with Crippen molar-refractivity contribution in [3.05, 3.63) is 42.0 Å². The van der Waals surface area contributed by atoms with Gasteiger partial charge in [0.05, 0.1) is 7.11 Å². The van der Waals surface area contributed by atoms with E-state index in [-0.39, 0.29) is 18.0 Å². The summed E-state index contributed by atoms with van der Waals surface area (Å²) in [5, 5.41) is 0. The van der Waals surface area contributed by atoms with Gasteiger partial charge in [-0.15, -0.1) is 0 Å². The predicted octanol–water partition coefficient (Wildman–Crippen LogP) is 2.67. The van der Waals surface area contributed by atoms with Crippen LogP contribution >= 0.6 is 0 Å². The second-order valence-corrected chi connectivity index (χ2v) is 4.30. The summed E-state index contributed by atoms with van der Waals surface area (Å²) in [7, 11) is 1.63. The standard InChI is InChI=1S/C14H16O3/c1-9-8-13(10(2)14(15)17-9)11-4-6-12(16-3)7-5-11/h4-7,9,13H,2,8H2,1,3H3/t9-,13-/m0/s1. The van der Waals surface area contributed by atoms with Gasteiger partial charge in [0, 0.05) is 11.5 Å². The maximum absolute atomic E-state index is 11.6. The lowest BCUT2D eigenvalue weighted by molar-refractivity contribution is -0.147. The third-order valence-corrected chi connectivity index (χ3v) is 3.08. The number of rotatable bonds is 2. The Bertz CT molecular complexity index is 433. The van der Waals surface area contributed by atoms with Crippen LogP contribution in [0.1, 0.15) is 24.8 Å². The summed E-state index contributed by atoms with van der Waals surface area (Å²) in [4.78, 5) is 11.6. The number of hydrogen-bond donors (Lipinski definition) is 0. The van der Waals surface area contributed by atoms with Crippen LogP contribution in [0.25, 0.3) is 0 Å². The normalized spacial score (nSPS) is 24.4. The van der Waals surface area contributed by atoms with Crippen LogP contribution in [0.4, 0.5) is 0 Å². The number of methoxy groups -OCH3 is 1. The Balaban J connectivity index is 2.25. The summed E-state index contributed by atoms with van der Waals surface area (Å²) in [6.07, 6.45) is 0.733. The summed E-state index contributed by atoms with van der Waals surface area (Å²) >= 11 is 0. The van der Waals surface area contributed by atoms with Gasteiger partial charge in [-0.1, -0.05) is 18.7 Å². The van der Waals surface area contributed by atoms with Crippen molar-refractivity contribution in [3.8, 4) is 5.75 Å². The van der Waals surface area contributed by atoms with Crippen molar-refractivity contribution < 1.29 is 14.3 Å². The first kappa shape index (κ1) is 11.7. The molecule has 90 valence electrons. The smallest absolute Gasteiger partial charge is 0.334 e. The summed E-state index contributed by atoms with van der Waals surface area (Å²) in [5.74, 6) is 0.576. The monoisotopic (exact) mass is 232 g/mol. The van der Waals surface area contributed by atoms with E-state index in [1.165, 1.54) is 0 Å². The summed E-state index contributed by atoms with van der Waals surface area (Å²) in [5.41, 5.74) is 1.62. The number of cyclic esters (lactones) is 1. The molecule has 0 spiro atoms. The second-order valence-electron chi connectivity index (χ2n) is 4.30. The van der Waals surface area contributed by atoms with E-state index in [1.54, 1.807) is 7.11 Å². The summed E-state index contributed by atoms with van der Waals surface area (Å²) in [6, 6.07) is 7.74. The number of carbonyl (C=O) groups is 1. The maximum atomic E-state index is 11.6. The van der Waals surface area contributed by atoms with Crippen molar-refractivity contribution in [3.63, 3.8) is 0 Å². The minimum absolute atomic E-state index is 0.0529. The van der Waals surface area contributed by atoms with E-state index in [0.717, 1.165) is 17.7 Å². The van der Waals surface area contributed by atoms with Crippen LogP contribution in [0.15, 0.2) is 36.4 Å². The molecule has 2 atom stereocenters. The van der Waals surface area contributed by atoms with E-state index in [1.807, 2.05) is 31.2 Å². The van der Waals surface area contributed by atoms with Crippen LogP contribution in [-0.4, -0.2) is 19.2 Å². The Morgan fingerprint density at radius 3 is 2.59 bits per heavy atom. The highest BCUT2D eigenvalue weighted by atomic mass is 16.5. The second kappa shape index (κ2) is 4.62. The van der Waals surface area contributed by atoms with Crippen LogP contribution in [0.3, 0.4) is 0 Å². The Morgan fingerprint density at radius 1 is 1.35 bits per heavy atom. The van der Waals surface area contributed by atoms with Gasteiger partial charge < -0.3 is 9.47 Å². The van der Waals surface area contributed by atoms with Gasteiger partial charge in [-0.05, 0) is 31.0 Å². The van der Waals surface area contributed by atoms with E-state index in [2.05, 4.69) is 6.58 Å². The lowest BCUT2D eigenvalue weighted by Crippen LogP contribution is -2.28. The van der Waals surface area contributed by atoms with Crippen LogP contribution in [0, 0.1) is 0 Å². The Hall–Kier alpha value is -1.77. The van der Waals surface area contributed by atoms with Crippen molar-refractivity contribution in [2.75, 3.05) is 7.11 Å². The zero-order valence-electron chi connectivity index (χ0n) is 10.1. The van der Waals surface area contributed by atoms with Gasteiger partial charge in [0.25, 0.3) is 0 Å². The number of ether oxygens (including phenoxy) is 2. The molecule has 3 heteroatoms. The third-order valence-electron chi connectivity index (χ3n) is 3.08. The molecule has 0 bridgehead atoms. The molecule has 2 rings (SSSR count). The van der Waals surface area contributed by atoms with E-state index in [0.29, 0.717) is 5.57 Å². The molecule has 3 nitrogen and oxygen atoms in total. The molecule has 0 radical (unpaired) electrons. The third kappa shape index (κ3) is 2.33. The molecular formula is C14H16O3. The summed E-state index contributed by atoms with van der Waals surface area (Å²) < 4.78 is 10.2. The van der Waals surface area contributed by atoms with Crippen molar-refractivity contribution in [2.24, 2.45) is 0 Å². The van der Waals surface area contributed by atoms with Gasteiger partial charge in [0.1, 0.15) is 11.9 Å². The summed E-state index contributed by atoms with van der Waals surface area (Å²) in [6.45, 7) is 5.73. The molecule has 1 heterocycles. The molecule has 1 aromatic carbocycles. The van der Waals surface area contributed by atoms with Gasteiger partial charge in [-0.25, -0.2) is 4.79 Å². The molecule has 1 aliphatic heterocycles. The largest absolute Gasteiger partial charge is 0.497 e. The SMILES string of the molecule is C=C1C(=O)O[C@@H](C)C[C@@H]1c1ccc(OC)cc1. The quantitative estimate of drug-likeness (QED) is 0.581. The first-order chi connectivity index (χ1) is 8.11.